The van der Waals surface area contributed by atoms with E-state index in [0.29, 0.717) is 36.6 Å². The Morgan fingerprint density at radius 1 is 1.17 bits per heavy atom. The zero-order valence-electron chi connectivity index (χ0n) is 19.9. The van der Waals surface area contributed by atoms with Crippen molar-refractivity contribution in [2.75, 3.05) is 37.4 Å². The number of carbonyl (C=O) groups is 1. The van der Waals surface area contributed by atoms with Gasteiger partial charge < -0.3 is 21.1 Å². The number of aromatic nitrogens is 2. The molecule has 1 fully saturated rings. The molecule has 0 atom stereocenters. The highest BCUT2D eigenvalue weighted by Gasteiger charge is 2.25. The maximum Gasteiger partial charge on any atom is 0.258 e. The summed E-state index contributed by atoms with van der Waals surface area (Å²) in [6, 6.07) is 7.00. The summed E-state index contributed by atoms with van der Waals surface area (Å²) in [6.45, 7) is 2.40. The summed E-state index contributed by atoms with van der Waals surface area (Å²) in [7, 11) is 0. The first-order chi connectivity index (χ1) is 17.4. The van der Waals surface area contributed by atoms with Crippen molar-refractivity contribution in [3.05, 3.63) is 65.0 Å². The summed E-state index contributed by atoms with van der Waals surface area (Å²) < 4.78 is 47.3. The zero-order chi connectivity index (χ0) is 25.7. The molecule has 0 unspecified atom stereocenters. The van der Waals surface area contributed by atoms with Crippen LogP contribution in [0.3, 0.4) is 0 Å². The lowest BCUT2D eigenvalue weighted by Crippen LogP contribution is -2.23. The highest BCUT2D eigenvalue weighted by Crippen LogP contribution is 2.40. The van der Waals surface area contributed by atoms with Crippen LogP contribution in [0.25, 0.3) is 11.3 Å². The number of hydrogen-bond donors (Lipinski definition) is 3. The van der Waals surface area contributed by atoms with E-state index in [9.17, 15) is 18.0 Å². The molecule has 0 radical (unpaired) electrons. The molecule has 4 N–H and O–H groups in total. The molecule has 7 nitrogen and oxygen atoms in total. The minimum atomic E-state index is -0.687. The van der Waals surface area contributed by atoms with E-state index in [1.165, 1.54) is 24.5 Å². The molecular weight excluding hydrogens is 471 g/mol. The number of anilines is 2. The fraction of sp³-hybridized carbons (Fsp3) is 0.346. The molecule has 36 heavy (non-hydrogen) atoms. The second-order valence-electron chi connectivity index (χ2n) is 8.67. The Labute approximate surface area is 207 Å². The van der Waals surface area contributed by atoms with Crippen LogP contribution in [0.2, 0.25) is 0 Å². The van der Waals surface area contributed by atoms with Crippen molar-refractivity contribution in [3.8, 4) is 17.0 Å². The largest absolute Gasteiger partial charge is 0.486 e. The fourth-order valence-corrected chi connectivity index (χ4v) is 3.89. The first kappa shape index (κ1) is 25.4. The third-order valence-corrected chi connectivity index (χ3v) is 6.01. The van der Waals surface area contributed by atoms with Gasteiger partial charge in [-0.15, -0.1) is 0 Å². The first-order valence-corrected chi connectivity index (χ1v) is 11.8. The molecule has 1 heterocycles. The van der Waals surface area contributed by atoms with Gasteiger partial charge in [-0.2, -0.15) is 0 Å². The fourth-order valence-electron chi connectivity index (χ4n) is 3.89. The van der Waals surface area contributed by atoms with Crippen molar-refractivity contribution >= 4 is 17.4 Å². The van der Waals surface area contributed by atoms with E-state index in [0.717, 1.165) is 24.5 Å². The van der Waals surface area contributed by atoms with Gasteiger partial charge in [0.15, 0.2) is 11.6 Å². The van der Waals surface area contributed by atoms with Crippen molar-refractivity contribution in [1.29, 1.82) is 0 Å². The van der Waals surface area contributed by atoms with Gasteiger partial charge in [0, 0.05) is 17.8 Å². The second-order valence-corrected chi connectivity index (χ2v) is 8.67. The summed E-state index contributed by atoms with van der Waals surface area (Å²) in [5.74, 6) is -1.36. The average molecular weight is 500 g/mol. The molecule has 10 heteroatoms. The smallest absolute Gasteiger partial charge is 0.258 e. The standard InChI is InChI=1S/C26H28F3N5O2/c1-15-20(23-24(25(30)33-14-32-23)36-10-9-31-8-2-7-27)12-18(28)13-22(15)34-26(35)19-6-5-17(11-21(19)29)16-3-4-16/h5-6,11-14,16,31H,2-4,7-10H2,1H3,(H,34,35)(H2,30,32,33). The Balaban J connectivity index is 1.57. The highest BCUT2D eigenvalue weighted by atomic mass is 19.1. The molecule has 0 aliphatic heterocycles. The number of benzene rings is 2. The van der Waals surface area contributed by atoms with Gasteiger partial charge in [-0.1, -0.05) is 6.07 Å². The number of alkyl halides is 1. The van der Waals surface area contributed by atoms with Crippen LogP contribution in [0.5, 0.6) is 5.75 Å². The predicted molar refractivity (Wildman–Crippen MR) is 132 cm³/mol. The normalized spacial score (nSPS) is 13.0. The Kier molecular flexibility index (Phi) is 8.04. The lowest BCUT2D eigenvalue weighted by Gasteiger charge is -2.17. The Bertz CT molecular complexity index is 1250. The SMILES string of the molecule is Cc1c(NC(=O)c2ccc(C3CC3)cc2F)cc(F)cc1-c1ncnc(N)c1OCCNCCCF. The summed E-state index contributed by atoms with van der Waals surface area (Å²) in [5.41, 5.74) is 8.00. The molecule has 190 valence electrons. The quantitative estimate of drug-likeness (QED) is 0.329. The van der Waals surface area contributed by atoms with Gasteiger partial charge in [0.2, 0.25) is 0 Å². The Morgan fingerprint density at radius 3 is 2.69 bits per heavy atom. The maximum atomic E-state index is 14.6. The molecule has 0 spiro atoms. The molecule has 2 aromatic carbocycles. The number of halogens is 3. The summed E-state index contributed by atoms with van der Waals surface area (Å²) in [5, 5.41) is 5.65. The topological polar surface area (TPSA) is 102 Å². The number of rotatable bonds is 11. The molecule has 1 saturated carbocycles. The minimum Gasteiger partial charge on any atom is -0.486 e. The minimum absolute atomic E-state index is 0.0656. The molecule has 4 rings (SSSR count). The van der Waals surface area contributed by atoms with Crippen LogP contribution in [0.4, 0.5) is 24.7 Å². The van der Waals surface area contributed by atoms with E-state index in [1.807, 2.05) is 0 Å². The van der Waals surface area contributed by atoms with Gasteiger partial charge in [0.05, 0.1) is 12.2 Å². The number of nitrogens with two attached hydrogens (primary N) is 1. The Hall–Kier alpha value is -3.66. The molecule has 1 aliphatic rings. The van der Waals surface area contributed by atoms with Crippen LogP contribution >= 0.6 is 0 Å². The van der Waals surface area contributed by atoms with Gasteiger partial charge in [0.1, 0.15) is 30.3 Å². The van der Waals surface area contributed by atoms with Gasteiger partial charge in [-0.25, -0.2) is 18.7 Å². The summed E-state index contributed by atoms with van der Waals surface area (Å²) in [4.78, 5) is 21.0. The van der Waals surface area contributed by atoms with E-state index in [4.69, 9.17) is 10.5 Å². The van der Waals surface area contributed by atoms with Crippen molar-refractivity contribution in [2.45, 2.75) is 32.1 Å². The van der Waals surface area contributed by atoms with Crippen LogP contribution in [-0.4, -0.2) is 42.2 Å². The number of hydrogen-bond acceptors (Lipinski definition) is 6. The van der Waals surface area contributed by atoms with E-state index in [1.54, 1.807) is 13.0 Å². The van der Waals surface area contributed by atoms with E-state index in [2.05, 4.69) is 20.6 Å². The van der Waals surface area contributed by atoms with E-state index < -0.39 is 24.2 Å². The summed E-state index contributed by atoms with van der Waals surface area (Å²) in [6.07, 6.45) is 3.67. The van der Waals surface area contributed by atoms with Crippen LogP contribution in [0.1, 0.15) is 46.7 Å². The van der Waals surface area contributed by atoms with Crippen molar-refractivity contribution in [1.82, 2.24) is 15.3 Å². The third-order valence-electron chi connectivity index (χ3n) is 6.01. The van der Waals surface area contributed by atoms with E-state index in [-0.39, 0.29) is 35.1 Å². The monoisotopic (exact) mass is 499 g/mol. The van der Waals surface area contributed by atoms with Gasteiger partial charge >= 0.3 is 0 Å². The Morgan fingerprint density at radius 2 is 1.97 bits per heavy atom. The third kappa shape index (κ3) is 5.93. The number of nitrogens with one attached hydrogen (secondary N) is 2. The maximum absolute atomic E-state index is 14.6. The second kappa shape index (κ2) is 11.4. The summed E-state index contributed by atoms with van der Waals surface area (Å²) >= 11 is 0. The van der Waals surface area contributed by atoms with Crippen LogP contribution in [-0.2, 0) is 0 Å². The number of nitrogen functional groups attached to an aromatic ring is 1. The molecule has 1 aromatic heterocycles. The lowest BCUT2D eigenvalue weighted by atomic mass is 10.0. The molecule has 0 bridgehead atoms. The molecule has 3 aromatic rings. The molecule has 1 aliphatic carbocycles. The first-order valence-electron chi connectivity index (χ1n) is 11.8. The van der Waals surface area contributed by atoms with Crippen molar-refractivity contribution in [2.24, 2.45) is 0 Å². The number of nitrogens with zero attached hydrogens (tertiary/aromatic N) is 2. The number of amides is 1. The zero-order valence-corrected chi connectivity index (χ0v) is 19.9. The predicted octanol–water partition coefficient (Wildman–Crippen LogP) is 4.77. The average Bonchev–Trinajstić information content (AvgIpc) is 3.69. The van der Waals surface area contributed by atoms with Crippen LogP contribution in [0, 0.1) is 18.6 Å². The lowest BCUT2D eigenvalue weighted by molar-refractivity contribution is 0.102. The van der Waals surface area contributed by atoms with Crippen LogP contribution < -0.4 is 21.1 Å². The van der Waals surface area contributed by atoms with Crippen molar-refractivity contribution < 1.29 is 22.7 Å². The van der Waals surface area contributed by atoms with Gasteiger partial charge in [-0.05, 0) is 74.0 Å². The van der Waals surface area contributed by atoms with Gasteiger partial charge in [-0.3, -0.25) is 9.18 Å². The van der Waals surface area contributed by atoms with Crippen molar-refractivity contribution in [3.63, 3.8) is 0 Å². The number of ether oxygens (including phenoxy) is 1. The van der Waals surface area contributed by atoms with Crippen LogP contribution in [0.15, 0.2) is 36.7 Å². The molecule has 1 amide bonds. The number of carbonyl (C=O) groups excluding carboxylic acids is 1. The molecular formula is C26H28F3N5O2. The van der Waals surface area contributed by atoms with Gasteiger partial charge in [0.25, 0.3) is 5.91 Å². The molecule has 0 saturated heterocycles. The van der Waals surface area contributed by atoms with E-state index >= 15 is 0 Å². The highest BCUT2D eigenvalue weighted by molar-refractivity contribution is 6.05.